The Balaban J connectivity index is 1.74. The first-order valence-electron chi connectivity index (χ1n) is 8.53. The first kappa shape index (κ1) is 16.6. The van der Waals surface area contributed by atoms with Crippen molar-refractivity contribution >= 4 is 22.6 Å². The average molecular weight is 325 g/mol. The van der Waals surface area contributed by atoms with Gasteiger partial charge in [-0.05, 0) is 29.2 Å². The van der Waals surface area contributed by atoms with Crippen molar-refractivity contribution in [2.45, 2.75) is 26.2 Å². The van der Waals surface area contributed by atoms with Crippen LogP contribution in [0.5, 0.6) is 0 Å². The van der Waals surface area contributed by atoms with Crippen LogP contribution in [-0.2, 0) is 11.2 Å². The molecule has 24 heavy (non-hydrogen) atoms. The lowest BCUT2D eigenvalue weighted by atomic mass is 9.92. The maximum absolute atomic E-state index is 12.9. The summed E-state index contributed by atoms with van der Waals surface area (Å²) in [6.45, 7) is 4.17. The molecule has 0 atom stereocenters. The Morgan fingerprint density at radius 3 is 2.67 bits per heavy atom. The summed E-state index contributed by atoms with van der Waals surface area (Å²) in [5.41, 5.74) is 7.72. The van der Waals surface area contributed by atoms with Crippen molar-refractivity contribution < 1.29 is 9.59 Å². The summed E-state index contributed by atoms with van der Waals surface area (Å²) in [4.78, 5) is 26.6. The van der Waals surface area contributed by atoms with Gasteiger partial charge in [0.05, 0.1) is 12.0 Å². The number of hydrogen-bond donors (Lipinski definition) is 2. The maximum atomic E-state index is 12.9. The molecule has 126 valence electrons. The lowest BCUT2D eigenvalue weighted by Gasteiger charge is -2.28. The quantitative estimate of drug-likeness (QED) is 0.466. The highest BCUT2D eigenvalue weighted by Crippen LogP contribution is 2.28. The number of nitrogens with one attached hydrogen (secondary N) is 2. The molecule has 2 aromatic rings. The summed E-state index contributed by atoms with van der Waals surface area (Å²) < 4.78 is 0. The van der Waals surface area contributed by atoms with Gasteiger partial charge >= 0.3 is 0 Å². The van der Waals surface area contributed by atoms with Crippen LogP contribution in [0.4, 0.5) is 0 Å². The van der Waals surface area contributed by atoms with Crippen LogP contribution in [0.1, 0.15) is 35.7 Å². The van der Waals surface area contributed by atoms with E-state index in [1.807, 2.05) is 36.4 Å². The first-order valence-corrected chi connectivity index (χ1v) is 8.53. The summed E-state index contributed by atoms with van der Waals surface area (Å²) in [7, 11) is 0. The van der Waals surface area contributed by atoms with Crippen LogP contribution >= 0.6 is 0 Å². The Morgan fingerprint density at radius 2 is 1.83 bits per heavy atom. The van der Waals surface area contributed by atoms with E-state index < -0.39 is 0 Å². The van der Waals surface area contributed by atoms with Gasteiger partial charge in [-0.2, -0.15) is 0 Å². The van der Waals surface area contributed by atoms with Gasteiger partial charge in [0.15, 0.2) is 0 Å². The number of carbonyl (C=O) groups excluding carboxylic acids is 2. The zero-order valence-electron chi connectivity index (χ0n) is 14.0. The molecular formula is C19H23N3O2. The Hall–Kier alpha value is -2.24. The Morgan fingerprint density at radius 1 is 1.04 bits per heavy atom. The number of imide groups is 1. The standard InChI is InChI=1S/C19H23N3O2/c1-2-10-20-21-11-5-12-22-17(23)13-15-9-8-14-6-3-4-7-16(14)18(15)19(22)24/h3-4,6-9,20-21H,2,5,10-13H2,1H3. The molecule has 5 heteroatoms. The summed E-state index contributed by atoms with van der Waals surface area (Å²) >= 11 is 0. The molecule has 2 amide bonds. The minimum absolute atomic E-state index is 0.107. The second-order valence-electron chi connectivity index (χ2n) is 6.06. The number of nitrogens with zero attached hydrogens (tertiary/aromatic N) is 1. The van der Waals surface area contributed by atoms with Gasteiger partial charge in [-0.3, -0.25) is 25.3 Å². The van der Waals surface area contributed by atoms with E-state index in [1.165, 1.54) is 4.90 Å². The molecule has 0 saturated heterocycles. The van der Waals surface area contributed by atoms with E-state index in [1.54, 1.807) is 0 Å². The van der Waals surface area contributed by atoms with Crippen LogP contribution in [0.2, 0.25) is 0 Å². The van der Waals surface area contributed by atoms with Crippen LogP contribution < -0.4 is 10.9 Å². The van der Waals surface area contributed by atoms with E-state index in [-0.39, 0.29) is 11.8 Å². The number of fused-ring (bicyclic) bond motifs is 3. The predicted molar refractivity (Wildman–Crippen MR) is 94.6 cm³/mol. The lowest BCUT2D eigenvalue weighted by molar-refractivity contribution is -0.128. The normalized spacial score (nSPS) is 14.3. The third kappa shape index (κ3) is 3.32. The minimum Gasteiger partial charge on any atom is -0.278 e. The number of carbonyl (C=O) groups is 2. The molecule has 0 radical (unpaired) electrons. The van der Waals surface area contributed by atoms with Crippen molar-refractivity contribution in [3.05, 3.63) is 47.5 Å². The summed E-state index contributed by atoms with van der Waals surface area (Å²) in [6, 6.07) is 11.7. The molecule has 0 aliphatic carbocycles. The number of hydrogen-bond acceptors (Lipinski definition) is 4. The maximum Gasteiger partial charge on any atom is 0.261 e. The third-order valence-electron chi connectivity index (χ3n) is 4.30. The van der Waals surface area contributed by atoms with E-state index in [2.05, 4.69) is 17.8 Å². The van der Waals surface area contributed by atoms with Crippen molar-refractivity contribution in [2.75, 3.05) is 19.6 Å². The molecule has 2 aromatic carbocycles. The molecular weight excluding hydrogens is 302 g/mol. The minimum atomic E-state index is -0.167. The monoisotopic (exact) mass is 325 g/mol. The molecule has 0 bridgehead atoms. The summed E-state index contributed by atoms with van der Waals surface area (Å²) in [6.07, 6.45) is 2.08. The highest BCUT2D eigenvalue weighted by molar-refractivity contribution is 6.16. The zero-order chi connectivity index (χ0) is 16.9. The molecule has 5 nitrogen and oxygen atoms in total. The number of hydrazine groups is 1. The van der Waals surface area contributed by atoms with Crippen molar-refractivity contribution in [3.63, 3.8) is 0 Å². The van der Waals surface area contributed by atoms with Crippen LogP contribution in [0.15, 0.2) is 36.4 Å². The van der Waals surface area contributed by atoms with Gasteiger partial charge in [0.1, 0.15) is 0 Å². The fraction of sp³-hybridized carbons (Fsp3) is 0.368. The molecule has 0 spiro atoms. The topological polar surface area (TPSA) is 61.4 Å². The largest absolute Gasteiger partial charge is 0.278 e. The highest BCUT2D eigenvalue weighted by atomic mass is 16.2. The van der Waals surface area contributed by atoms with Gasteiger partial charge in [0, 0.05) is 19.6 Å². The molecule has 0 aromatic heterocycles. The van der Waals surface area contributed by atoms with Gasteiger partial charge in [0.25, 0.3) is 5.91 Å². The second-order valence-corrected chi connectivity index (χ2v) is 6.06. The molecule has 1 aliphatic rings. The van der Waals surface area contributed by atoms with Crippen molar-refractivity contribution in [1.82, 2.24) is 15.8 Å². The smallest absolute Gasteiger partial charge is 0.261 e. The van der Waals surface area contributed by atoms with E-state index in [4.69, 9.17) is 0 Å². The van der Waals surface area contributed by atoms with Crippen LogP contribution in [0.25, 0.3) is 10.8 Å². The van der Waals surface area contributed by atoms with E-state index >= 15 is 0 Å². The van der Waals surface area contributed by atoms with Gasteiger partial charge in [-0.1, -0.05) is 43.3 Å². The number of amides is 2. The molecule has 0 fully saturated rings. The average Bonchev–Trinajstić information content (AvgIpc) is 2.59. The van der Waals surface area contributed by atoms with E-state index in [9.17, 15) is 9.59 Å². The first-order chi connectivity index (χ1) is 11.7. The van der Waals surface area contributed by atoms with Crippen LogP contribution in [-0.4, -0.2) is 36.3 Å². The van der Waals surface area contributed by atoms with Gasteiger partial charge in [-0.25, -0.2) is 0 Å². The summed E-state index contributed by atoms with van der Waals surface area (Å²) in [5, 5.41) is 1.96. The second kappa shape index (κ2) is 7.55. The predicted octanol–water partition coefficient (Wildman–Crippen LogP) is 2.26. The third-order valence-corrected chi connectivity index (χ3v) is 4.30. The van der Waals surface area contributed by atoms with E-state index in [0.717, 1.165) is 42.3 Å². The SMILES string of the molecule is CCCNNCCCN1C(=O)Cc2ccc3ccccc3c2C1=O. The van der Waals surface area contributed by atoms with Crippen LogP contribution in [0.3, 0.4) is 0 Å². The Kier molecular flexibility index (Phi) is 5.23. The molecule has 3 rings (SSSR count). The van der Waals surface area contributed by atoms with Gasteiger partial charge in [-0.15, -0.1) is 0 Å². The summed E-state index contributed by atoms with van der Waals surface area (Å²) in [5.74, 6) is -0.274. The Labute approximate surface area is 142 Å². The van der Waals surface area contributed by atoms with Crippen molar-refractivity contribution in [2.24, 2.45) is 0 Å². The highest BCUT2D eigenvalue weighted by Gasteiger charge is 2.31. The fourth-order valence-corrected chi connectivity index (χ4v) is 3.08. The molecule has 0 unspecified atom stereocenters. The Bertz CT molecular complexity index is 757. The van der Waals surface area contributed by atoms with Gasteiger partial charge < -0.3 is 0 Å². The van der Waals surface area contributed by atoms with E-state index in [0.29, 0.717) is 18.5 Å². The molecule has 1 heterocycles. The van der Waals surface area contributed by atoms with Crippen molar-refractivity contribution in [1.29, 1.82) is 0 Å². The number of benzene rings is 2. The molecule has 1 aliphatic heterocycles. The fourth-order valence-electron chi connectivity index (χ4n) is 3.08. The number of rotatable bonds is 7. The van der Waals surface area contributed by atoms with Gasteiger partial charge in [0.2, 0.25) is 5.91 Å². The zero-order valence-corrected chi connectivity index (χ0v) is 14.0. The molecule has 2 N–H and O–H groups in total. The lowest BCUT2D eigenvalue weighted by Crippen LogP contribution is -2.44. The molecule has 0 saturated carbocycles. The van der Waals surface area contributed by atoms with Crippen LogP contribution in [0, 0.1) is 0 Å². The van der Waals surface area contributed by atoms with Crippen molar-refractivity contribution in [3.8, 4) is 0 Å².